The third-order valence-electron chi connectivity index (χ3n) is 9.59. The van der Waals surface area contributed by atoms with Crippen molar-refractivity contribution in [3.8, 4) is 5.75 Å². The second-order valence-corrected chi connectivity index (χ2v) is 18.2. The Morgan fingerprint density at radius 1 is 1.15 bits per heavy atom. The number of hydrogen-bond donors (Lipinski definition) is 1. The number of nitrogens with one attached hydrogen (secondary N) is 1. The molecule has 5 rings (SSSR count). The number of aryl methyl sites for hydroxylation is 2. The predicted octanol–water partition coefficient (Wildman–Crippen LogP) is 9.05. The van der Waals surface area contributed by atoms with Crippen LogP contribution in [0.25, 0.3) is 0 Å². The van der Waals surface area contributed by atoms with Gasteiger partial charge >= 0.3 is 7.82 Å². The molecule has 2 fully saturated rings. The number of nitrogens with zero attached hydrogens (tertiary/aromatic N) is 2. The first kappa shape index (κ1) is 36.0. The zero-order chi connectivity index (χ0) is 34.2. The molecule has 1 aromatic heterocycles. The number of benzene rings is 1. The summed E-state index contributed by atoms with van der Waals surface area (Å²) in [4.78, 5) is 23.6. The first-order chi connectivity index (χ1) is 22.0. The lowest BCUT2D eigenvalue weighted by Crippen LogP contribution is -2.44. The van der Waals surface area contributed by atoms with Gasteiger partial charge in [-0.05, 0) is 134 Å². The second-order valence-electron chi connectivity index (χ2n) is 15.4. The number of amides is 1. The fraction of sp³-hybridized carbons (Fsp3) is 0.686. The van der Waals surface area contributed by atoms with Gasteiger partial charge in [-0.3, -0.25) is 13.8 Å². The van der Waals surface area contributed by atoms with E-state index in [1.807, 2.05) is 13.0 Å². The number of carbonyl (C=O) groups excluding carboxylic acids is 1. The van der Waals surface area contributed by atoms with Gasteiger partial charge in [-0.1, -0.05) is 18.1 Å². The van der Waals surface area contributed by atoms with Crippen LogP contribution in [0.4, 0.5) is 5.13 Å². The highest BCUT2D eigenvalue weighted by atomic mass is 32.1. The van der Waals surface area contributed by atoms with Crippen LogP contribution in [0.2, 0.25) is 0 Å². The minimum absolute atomic E-state index is 0.0160. The van der Waals surface area contributed by atoms with Gasteiger partial charge in [0.15, 0.2) is 11.9 Å². The molecule has 12 heteroatoms. The Bertz CT molecular complexity index is 1490. The molecule has 1 N–H and O–H groups in total. The molecule has 1 aromatic carbocycles. The maximum Gasteiger partial charge on any atom is 0.478 e. The molecular weight excluding hydrogens is 637 g/mol. The average Bonchev–Trinajstić information content (AvgIpc) is 3.48. The molecular formula is C35H52N3O7PS. The first-order valence-corrected chi connectivity index (χ1v) is 19.0. The Labute approximate surface area is 283 Å². The maximum atomic E-state index is 13.4. The molecule has 5 atom stereocenters. The number of phosphoric acid groups is 1. The Morgan fingerprint density at radius 3 is 2.51 bits per heavy atom. The third kappa shape index (κ3) is 8.66. The summed E-state index contributed by atoms with van der Waals surface area (Å²) in [6, 6.07) is 6.27. The SMILES string of the molecule is CO/N=C1\C[C@@H](CCC(=O)Nc2ncc(C)s2)C2C3CCc4cc(OCOP(=O)(OC(C)(C)C)OC(C)(C)C)ccc4C3CC[C@]12C. The highest BCUT2D eigenvalue weighted by molar-refractivity contribution is 7.48. The zero-order valence-corrected chi connectivity index (χ0v) is 31.1. The van der Waals surface area contributed by atoms with Crippen molar-refractivity contribution in [1.29, 1.82) is 0 Å². The second kappa shape index (κ2) is 13.9. The largest absolute Gasteiger partial charge is 0.478 e. The molecule has 260 valence electrons. The summed E-state index contributed by atoms with van der Waals surface area (Å²) in [5, 5.41) is 8.19. The van der Waals surface area contributed by atoms with Crippen molar-refractivity contribution in [2.75, 3.05) is 19.2 Å². The van der Waals surface area contributed by atoms with Crippen molar-refractivity contribution in [2.24, 2.45) is 28.3 Å². The van der Waals surface area contributed by atoms with Crippen LogP contribution < -0.4 is 10.1 Å². The van der Waals surface area contributed by atoms with Crippen LogP contribution in [-0.4, -0.2) is 41.7 Å². The molecule has 0 saturated heterocycles. The van der Waals surface area contributed by atoms with Crippen LogP contribution in [0.3, 0.4) is 0 Å². The number of thiazole rings is 1. The van der Waals surface area contributed by atoms with Gasteiger partial charge in [-0.15, -0.1) is 11.3 Å². The Hall–Kier alpha value is -2.30. The summed E-state index contributed by atoms with van der Waals surface area (Å²) < 4.78 is 36.4. The van der Waals surface area contributed by atoms with Crippen molar-refractivity contribution in [3.63, 3.8) is 0 Å². The van der Waals surface area contributed by atoms with E-state index < -0.39 is 19.0 Å². The van der Waals surface area contributed by atoms with E-state index in [4.69, 9.17) is 23.1 Å². The summed E-state index contributed by atoms with van der Waals surface area (Å²) in [5.41, 5.74) is 2.32. The highest BCUT2D eigenvalue weighted by Crippen LogP contribution is 2.62. The van der Waals surface area contributed by atoms with E-state index in [0.717, 1.165) is 49.1 Å². The van der Waals surface area contributed by atoms with Gasteiger partial charge in [-0.25, -0.2) is 14.1 Å². The summed E-state index contributed by atoms with van der Waals surface area (Å²) in [6.45, 7) is 14.9. The van der Waals surface area contributed by atoms with Gasteiger partial charge in [0.25, 0.3) is 0 Å². The molecule has 0 spiro atoms. The molecule has 0 radical (unpaired) electrons. The highest BCUT2D eigenvalue weighted by Gasteiger charge is 2.57. The van der Waals surface area contributed by atoms with Crippen molar-refractivity contribution in [1.82, 2.24) is 4.98 Å². The van der Waals surface area contributed by atoms with Gasteiger partial charge in [0.2, 0.25) is 5.91 Å². The average molecular weight is 690 g/mol. The maximum absolute atomic E-state index is 13.4. The van der Waals surface area contributed by atoms with E-state index in [1.165, 1.54) is 22.5 Å². The molecule has 0 bridgehead atoms. The molecule has 0 aliphatic heterocycles. The van der Waals surface area contributed by atoms with Gasteiger partial charge in [0.05, 0.1) is 16.9 Å². The van der Waals surface area contributed by atoms with Crippen molar-refractivity contribution >= 4 is 35.9 Å². The minimum Gasteiger partial charge on any atom is -0.467 e. The molecule has 2 saturated carbocycles. The van der Waals surface area contributed by atoms with Gasteiger partial charge < -0.3 is 14.9 Å². The number of phosphoric ester groups is 1. The van der Waals surface area contributed by atoms with Gasteiger partial charge in [0, 0.05) is 22.9 Å². The summed E-state index contributed by atoms with van der Waals surface area (Å²) in [6.07, 6.45) is 8.02. The van der Waals surface area contributed by atoms with Crippen molar-refractivity contribution in [2.45, 2.75) is 117 Å². The van der Waals surface area contributed by atoms with Gasteiger partial charge in [-0.2, -0.15) is 0 Å². The van der Waals surface area contributed by atoms with E-state index >= 15 is 0 Å². The number of ether oxygens (including phenoxy) is 1. The van der Waals surface area contributed by atoms with Crippen LogP contribution in [-0.2, 0) is 34.2 Å². The molecule has 1 heterocycles. The number of anilines is 1. The van der Waals surface area contributed by atoms with E-state index in [-0.39, 0.29) is 18.1 Å². The lowest BCUT2D eigenvalue weighted by molar-refractivity contribution is -0.116. The molecule has 1 amide bonds. The smallest absolute Gasteiger partial charge is 0.467 e. The first-order valence-electron chi connectivity index (χ1n) is 16.7. The lowest BCUT2D eigenvalue weighted by Gasteiger charge is -2.50. The lowest BCUT2D eigenvalue weighted by atomic mass is 9.54. The summed E-state index contributed by atoms with van der Waals surface area (Å²) in [5.74, 6) is 2.37. The number of hydrogen-bond acceptors (Lipinski definition) is 10. The predicted molar refractivity (Wildman–Crippen MR) is 185 cm³/mol. The van der Waals surface area contributed by atoms with E-state index in [2.05, 4.69) is 34.5 Å². The number of oxime groups is 1. The number of aromatic nitrogens is 1. The summed E-state index contributed by atoms with van der Waals surface area (Å²) in [7, 11) is -2.25. The normalized spacial score (nSPS) is 26.8. The van der Waals surface area contributed by atoms with Crippen LogP contribution in [0, 0.1) is 30.1 Å². The molecule has 47 heavy (non-hydrogen) atoms. The Kier molecular flexibility index (Phi) is 10.6. The van der Waals surface area contributed by atoms with Crippen LogP contribution in [0.15, 0.2) is 29.6 Å². The third-order valence-corrected chi connectivity index (χ3v) is 12.4. The minimum atomic E-state index is -3.88. The Morgan fingerprint density at radius 2 is 1.87 bits per heavy atom. The van der Waals surface area contributed by atoms with E-state index in [0.29, 0.717) is 41.0 Å². The van der Waals surface area contributed by atoms with Crippen molar-refractivity contribution in [3.05, 3.63) is 40.4 Å². The van der Waals surface area contributed by atoms with Crippen LogP contribution in [0.1, 0.15) is 109 Å². The number of fused-ring (bicyclic) bond motifs is 5. The van der Waals surface area contributed by atoms with Gasteiger partial charge in [0.1, 0.15) is 12.9 Å². The molecule has 2 aromatic rings. The van der Waals surface area contributed by atoms with Crippen LogP contribution in [0.5, 0.6) is 5.75 Å². The molecule has 3 aliphatic carbocycles. The molecule has 10 nitrogen and oxygen atoms in total. The standard InChI is InChI=1S/C35H52N3O7PS/c1-22-20-36-32(47-22)37-30(39)15-11-24-19-29(38-41-9)35(8)17-16-27-26-14-12-25(18-23(26)10-13-28(27)31(24)35)42-21-43-46(40,44-33(2,3)4)45-34(5,6)7/h12,14,18,20,24,27-28,31H,10-11,13,15-17,19,21H2,1-9H3,(H,36,37,39)/b38-29+/t24-,27?,28?,31?,35-/m1/s1. The Balaban J connectivity index is 1.27. The topological polar surface area (TPSA) is 118 Å². The fourth-order valence-electron chi connectivity index (χ4n) is 8.06. The monoisotopic (exact) mass is 689 g/mol. The number of carbonyl (C=O) groups is 1. The number of rotatable bonds is 11. The zero-order valence-electron chi connectivity index (χ0n) is 29.4. The summed E-state index contributed by atoms with van der Waals surface area (Å²) >= 11 is 1.50. The van der Waals surface area contributed by atoms with Crippen LogP contribution >= 0.6 is 19.2 Å². The fourth-order valence-corrected chi connectivity index (χ4v) is 10.4. The molecule has 3 aliphatic rings. The van der Waals surface area contributed by atoms with Crippen molar-refractivity contribution < 1.29 is 32.5 Å². The van der Waals surface area contributed by atoms with E-state index in [9.17, 15) is 9.36 Å². The van der Waals surface area contributed by atoms with E-state index in [1.54, 1.807) is 54.8 Å². The quantitative estimate of drug-likeness (QED) is 0.141. The molecule has 3 unspecified atom stereocenters.